The van der Waals surface area contributed by atoms with Crippen molar-refractivity contribution < 1.29 is 0 Å². The maximum Gasteiger partial charge on any atom is -0.00285 e. The Morgan fingerprint density at radius 3 is 1.43 bits per heavy atom. The van der Waals surface area contributed by atoms with Gasteiger partial charge in [0.15, 0.2) is 0 Å². The molecule has 2 N–H and O–H groups in total. The van der Waals surface area contributed by atoms with Crippen molar-refractivity contribution in [2.45, 2.75) is 28.2 Å². The van der Waals surface area contributed by atoms with Gasteiger partial charge in [-0.05, 0) is 12.0 Å². The number of nitrogens with two attached hydrogens (primary N) is 1. The van der Waals surface area contributed by atoms with E-state index in [1.54, 1.807) is 0 Å². The van der Waals surface area contributed by atoms with Crippen LogP contribution in [-0.4, -0.2) is 6.54 Å². The fraction of sp³-hybridized carbons (Fsp3) is 1.00. The average Bonchev–Trinajstić information content (AvgIpc) is 1.35. The van der Waals surface area contributed by atoms with Crippen molar-refractivity contribution in [2.24, 2.45) is 11.1 Å². The second kappa shape index (κ2) is 3.03. The third-order valence-electron chi connectivity index (χ3n) is 0.612. The van der Waals surface area contributed by atoms with E-state index < -0.39 is 0 Å². The van der Waals surface area contributed by atoms with E-state index in [0.29, 0.717) is 5.41 Å². The van der Waals surface area contributed by atoms with E-state index in [-0.39, 0.29) is 7.43 Å². The third kappa shape index (κ3) is 10.7. The lowest BCUT2D eigenvalue weighted by Crippen LogP contribution is -2.18. The first kappa shape index (κ1) is 10.0. The Labute approximate surface area is 46.9 Å². The van der Waals surface area contributed by atoms with Gasteiger partial charge in [0.25, 0.3) is 0 Å². The number of rotatable bonds is 0. The molecule has 0 amide bonds. The summed E-state index contributed by atoms with van der Waals surface area (Å²) in [6.07, 6.45) is 0. The van der Waals surface area contributed by atoms with Gasteiger partial charge in [-0.15, -0.1) is 0 Å². The highest BCUT2D eigenvalue weighted by Gasteiger charge is 2.03. The molecule has 0 heterocycles. The standard InChI is InChI=1S/C5H13N.CH4/c1-5(2,3)4-6;/h4,6H2,1-3H3;1H4. The fourth-order valence-corrected chi connectivity index (χ4v) is 0. The SMILES string of the molecule is C.CC(C)(C)CN. The highest BCUT2D eigenvalue weighted by Crippen LogP contribution is 2.07. The molecule has 0 aromatic heterocycles. The van der Waals surface area contributed by atoms with Crippen molar-refractivity contribution in [1.29, 1.82) is 0 Å². The Kier molecular flexibility index (Phi) is 4.35. The molecule has 0 saturated carbocycles. The molecule has 0 fully saturated rings. The molecule has 0 radical (unpaired) electrons. The summed E-state index contributed by atoms with van der Waals surface area (Å²) in [4.78, 5) is 0. The van der Waals surface area contributed by atoms with Crippen LogP contribution in [0.15, 0.2) is 0 Å². The van der Waals surface area contributed by atoms with Gasteiger partial charge in [0.2, 0.25) is 0 Å². The Hall–Kier alpha value is -0.0400. The Morgan fingerprint density at radius 2 is 1.43 bits per heavy atom. The first-order valence-electron chi connectivity index (χ1n) is 2.26. The smallest absolute Gasteiger partial charge is 0.00285 e. The topological polar surface area (TPSA) is 26.0 Å². The predicted octanol–water partition coefficient (Wildman–Crippen LogP) is 1.63. The molecule has 7 heavy (non-hydrogen) atoms. The van der Waals surface area contributed by atoms with E-state index in [1.807, 2.05) is 0 Å². The zero-order chi connectivity index (χ0) is 5.21. The lowest BCUT2D eigenvalue weighted by molar-refractivity contribution is 0.428. The van der Waals surface area contributed by atoms with Gasteiger partial charge in [-0.1, -0.05) is 28.2 Å². The zero-order valence-electron chi connectivity index (χ0n) is 4.78. The molecule has 0 aromatic carbocycles. The first-order valence-corrected chi connectivity index (χ1v) is 2.26. The normalized spacial score (nSPS) is 10.3. The van der Waals surface area contributed by atoms with Gasteiger partial charge in [-0.3, -0.25) is 0 Å². The van der Waals surface area contributed by atoms with Crippen LogP contribution in [0.5, 0.6) is 0 Å². The molecule has 0 rings (SSSR count). The van der Waals surface area contributed by atoms with Crippen molar-refractivity contribution in [3.8, 4) is 0 Å². The van der Waals surface area contributed by atoms with Crippen molar-refractivity contribution >= 4 is 0 Å². The lowest BCUT2D eigenvalue weighted by Gasteiger charge is -2.12. The van der Waals surface area contributed by atoms with Crippen LogP contribution in [0.4, 0.5) is 0 Å². The summed E-state index contributed by atoms with van der Waals surface area (Å²) < 4.78 is 0. The Bertz CT molecular complexity index is 33.9. The number of hydrogen-bond donors (Lipinski definition) is 1. The molecule has 0 atom stereocenters. The minimum atomic E-state index is 0. The van der Waals surface area contributed by atoms with Gasteiger partial charge >= 0.3 is 0 Å². The highest BCUT2D eigenvalue weighted by atomic mass is 14.6. The summed E-state index contributed by atoms with van der Waals surface area (Å²) >= 11 is 0. The first-order chi connectivity index (χ1) is 2.56. The second-order valence-corrected chi connectivity index (χ2v) is 2.76. The molecule has 0 aliphatic carbocycles. The largest absolute Gasteiger partial charge is 0.330 e. The Morgan fingerprint density at radius 1 is 1.29 bits per heavy atom. The molecule has 0 aromatic rings. The molecule has 1 nitrogen and oxygen atoms in total. The molecule has 1 heteroatoms. The summed E-state index contributed by atoms with van der Waals surface area (Å²) in [6.45, 7) is 7.12. The lowest BCUT2D eigenvalue weighted by atomic mass is 9.98. The van der Waals surface area contributed by atoms with Crippen LogP contribution >= 0.6 is 0 Å². The summed E-state index contributed by atoms with van der Waals surface area (Å²) in [5.41, 5.74) is 5.62. The summed E-state index contributed by atoms with van der Waals surface area (Å²) in [5.74, 6) is 0. The van der Waals surface area contributed by atoms with Crippen LogP contribution < -0.4 is 5.73 Å². The van der Waals surface area contributed by atoms with Crippen LogP contribution in [0.2, 0.25) is 0 Å². The van der Waals surface area contributed by atoms with Crippen LogP contribution in [0, 0.1) is 5.41 Å². The fourth-order valence-electron chi connectivity index (χ4n) is 0. The molecule has 0 spiro atoms. The molecule has 0 unspecified atom stereocenters. The van der Waals surface area contributed by atoms with E-state index in [9.17, 15) is 0 Å². The molecule has 0 bridgehead atoms. The molecular formula is C6H17N. The molecule has 0 aliphatic rings. The predicted molar refractivity (Wildman–Crippen MR) is 35.2 cm³/mol. The van der Waals surface area contributed by atoms with Gasteiger partial charge in [-0.2, -0.15) is 0 Å². The summed E-state index contributed by atoms with van der Waals surface area (Å²) in [7, 11) is 0. The van der Waals surface area contributed by atoms with Crippen molar-refractivity contribution in [3.05, 3.63) is 0 Å². The average molecular weight is 103 g/mol. The molecular weight excluding hydrogens is 86.1 g/mol. The minimum Gasteiger partial charge on any atom is -0.330 e. The van der Waals surface area contributed by atoms with E-state index >= 15 is 0 Å². The van der Waals surface area contributed by atoms with Crippen LogP contribution in [-0.2, 0) is 0 Å². The number of hydrogen-bond acceptors (Lipinski definition) is 1. The van der Waals surface area contributed by atoms with Crippen LogP contribution in [0.1, 0.15) is 28.2 Å². The van der Waals surface area contributed by atoms with Crippen LogP contribution in [0.3, 0.4) is 0 Å². The van der Waals surface area contributed by atoms with Crippen LogP contribution in [0.25, 0.3) is 0 Å². The van der Waals surface area contributed by atoms with Crippen molar-refractivity contribution in [3.63, 3.8) is 0 Å². The van der Waals surface area contributed by atoms with Gasteiger partial charge in [0.1, 0.15) is 0 Å². The van der Waals surface area contributed by atoms with E-state index in [4.69, 9.17) is 5.73 Å². The van der Waals surface area contributed by atoms with Gasteiger partial charge in [-0.25, -0.2) is 0 Å². The summed E-state index contributed by atoms with van der Waals surface area (Å²) in [6, 6.07) is 0. The van der Waals surface area contributed by atoms with Crippen molar-refractivity contribution in [2.75, 3.05) is 6.54 Å². The molecule has 0 aliphatic heterocycles. The minimum absolute atomic E-state index is 0. The molecule has 0 saturated heterocycles. The van der Waals surface area contributed by atoms with Gasteiger partial charge in [0.05, 0.1) is 0 Å². The van der Waals surface area contributed by atoms with E-state index in [2.05, 4.69) is 20.8 Å². The van der Waals surface area contributed by atoms with Gasteiger partial charge in [0, 0.05) is 0 Å². The third-order valence-corrected chi connectivity index (χ3v) is 0.612. The monoisotopic (exact) mass is 103 g/mol. The van der Waals surface area contributed by atoms with Crippen molar-refractivity contribution in [1.82, 2.24) is 0 Å². The van der Waals surface area contributed by atoms with Gasteiger partial charge < -0.3 is 5.73 Å². The highest BCUT2D eigenvalue weighted by molar-refractivity contribution is 4.59. The van der Waals surface area contributed by atoms with E-state index in [1.165, 1.54) is 0 Å². The maximum absolute atomic E-state index is 5.31. The summed E-state index contributed by atoms with van der Waals surface area (Å²) in [5, 5.41) is 0. The Balaban J connectivity index is 0. The zero-order valence-corrected chi connectivity index (χ0v) is 4.78. The molecule has 46 valence electrons. The maximum atomic E-state index is 5.31. The van der Waals surface area contributed by atoms with E-state index in [0.717, 1.165) is 6.54 Å². The second-order valence-electron chi connectivity index (χ2n) is 2.76. The quantitative estimate of drug-likeness (QED) is 0.495.